The van der Waals surface area contributed by atoms with Crippen molar-refractivity contribution in [3.8, 4) is 10.8 Å². The van der Waals surface area contributed by atoms with E-state index < -0.39 is 5.60 Å². The topological polar surface area (TPSA) is 29.5 Å². The van der Waals surface area contributed by atoms with Gasteiger partial charge < -0.3 is 9.84 Å². The smallest absolute Gasteiger partial charge is 0.131 e. The number of aliphatic hydroxyl groups is 1. The van der Waals surface area contributed by atoms with Crippen LogP contribution in [0.4, 0.5) is 0 Å². The van der Waals surface area contributed by atoms with Crippen molar-refractivity contribution in [3.63, 3.8) is 0 Å². The van der Waals surface area contributed by atoms with Crippen LogP contribution in [0.3, 0.4) is 0 Å². The lowest BCUT2D eigenvalue weighted by molar-refractivity contribution is -0.120. The van der Waals surface area contributed by atoms with E-state index in [0.29, 0.717) is 19.4 Å². The number of halogens is 1. The van der Waals surface area contributed by atoms with Crippen molar-refractivity contribution < 1.29 is 9.84 Å². The Labute approximate surface area is 81.4 Å². The Morgan fingerprint density at radius 1 is 1.50 bits per heavy atom. The molecule has 1 heterocycles. The Bertz CT molecular complexity index is 226. The van der Waals surface area contributed by atoms with E-state index in [1.807, 2.05) is 13.8 Å². The molecule has 1 unspecified atom stereocenters. The zero-order chi connectivity index (χ0) is 9.24. The van der Waals surface area contributed by atoms with Gasteiger partial charge in [-0.2, -0.15) is 0 Å². The largest absolute Gasteiger partial charge is 0.377 e. The maximum atomic E-state index is 9.92. The zero-order valence-corrected chi connectivity index (χ0v) is 8.94. The van der Waals surface area contributed by atoms with Gasteiger partial charge in [-0.15, -0.1) is 0 Å². The molecule has 68 valence electrons. The first-order valence-corrected chi connectivity index (χ1v) is 4.76. The molecular weight excluding hydrogens is 220 g/mol. The highest BCUT2D eigenvalue weighted by Gasteiger charge is 2.38. The Balaban J connectivity index is 2.72. The maximum absolute atomic E-state index is 9.92. The number of ether oxygens (including phenoxy) is 1. The molecule has 2 nitrogen and oxygen atoms in total. The second kappa shape index (κ2) is 3.37. The number of rotatable bonds is 0. The van der Waals surface area contributed by atoms with Gasteiger partial charge in [-0.25, -0.2) is 0 Å². The molecule has 1 N–H and O–H groups in total. The van der Waals surface area contributed by atoms with Crippen LogP contribution in [0, 0.1) is 10.8 Å². The van der Waals surface area contributed by atoms with Crippen LogP contribution in [0.25, 0.3) is 0 Å². The molecular formula is C9H13BrO2. The van der Waals surface area contributed by atoms with Crippen LogP contribution in [0.15, 0.2) is 0 Å². The van der Waals surface area contributed by atoms with Crippen molar-refractivity contribution in [1.82, 2.24) is 0 Å². The van der Waals surface area contributed by atoms with Crippen LogP contribution in [0.5, 0.6) is 0 Å². The summed E-state index contributed by atoms with van der Waals surface area (Å²) >= 11 is 3.00. The summed E-state index contributed by atoms with van der Waals surface area (Å²) in [7, 11) is 0. The Morgan fingerprint density at radius 3 is 2.67 bits per heavy atom. The van der Waals surface area contributed by atoms with E-state index in [2.05, 4.69) is 26.7 Å². The van der Waals surface area contributed by atoms with Gasteiger partial charge in [0.05, 0.1) is 12.2 Å². The minimum Gasteiger partial charge on any atom is -0.377 e. The first-order valence-electron chi connectivity index (χ1n) is 3.97. The minimum atomic E-state index is -0.870. The van der Waals surface area contributed by atoms with Gasteiger partial charge in [0.15, 0.2) is 0 Å². The second-order valence-electron chi connectivity index (χ2n) is 3.79. The molecule has 0 aromatic carbocycles. The van der Waals surface area contributed by atoms with Gasteiger partial charge in [-0.05, 0) is 18.7 Å². The van der Waals surface area contributed by atoms with E-state index >= 15 is 0 Å². The minimum absolute atomic E-state index is 0.260. The standard InChI is InChI=1S/C9H13BrO2/c1-8(2)7-9(11,3-5-10)4-6-12-8/h11H,4,6-7H2,1-2H3. The molecule has 1 atom stereocenters. The van der Waals surface area contributed by atoms with E-state index in [-0.39, 0.29) is 5.60 Å². The fourth-order valence-corrected chi connectivity index (χ4v) is 1.90. The highest BCUT2D eigenvalue weighted by Crippen LogP contribution is 2.31. The highest BCUT2D eigenvalue weighted by molar-refractivity contribution is 9.12. The second-order valence-corrected chi connectivity index (χ2v) is 4.18. The molecule has 1 rings (SSSR count). The molecule has 12 heavy (non-hydrogen) atoms. The Kier molecular flexibility index (Phi) is 2.82. The maximum Gasteiger partial charge on any atom is 0.131 e. The van der Waals surface area contributed by atoms with Crippen molar-refractivity contribution in [2.45, 2.75) is 37.9 Å². The van der Waals surface area contributed by atoms with Gasteiger partial charge in [0, 0.05) is 28.8 Å². The third-order valence-electron chi connectivity index (χ3n) is 2.01. The van der Waals surface area contributed by atoms with Crippen molar-refractivity contribution in [3.05, 3.63) is 0 Å². The zero-order valence-electron chi connectivity index (χ0n) is 7.35. The molecule has 0 amide bonds. The lowest BCUT2D eigenvalue weighted by Gasteiger charge is -2.38. The molecule has 0 aromatic heterocycles. The molecule has 1 saturated heterocycles. The van der Waals surface area contributed by atoms with Crippen molar-refractivity contribution in [2.24, 2.45) is 0 Å². The lowest BCUT2D eigenvalue weighted by Crippen LogP contribution is -2.44. The van der Waals surface area contributed by atoms with Crippen LogP contribution >= 0.6 is 15.9 Å². The van der Waals surface area contributed by atoms with Crippen LogP contribution in [-0.2, 0) is 4.74 Å². The van der Waals surface area contributed by atoms with E-state index in [1.165, 1.54) is 0 Å². The lowest BCUT2D eigenvalue weighted by atomic mass is 9.85. The third-order valence-corrected chi connectivity index (χ3v) is 2.20. The fraction of sp³-hybridized carbons (Fsp3) is 0.778. The summed E-state index contributed by atoms with van der Waals surface area (Å²) in [5.74, 6) is 2.76. The van der Waals surface area contributed by atoms with Gasteiger partial charge in [0.25, 0.3) is 0 Å². The third kappa shape index (κ3) is 2.48. The molecule has 1 fully saturated rings. The van der Waals surface area contributed by atoms with Crippen LogP contribution in [-0.4, -0.2) is 22.9 Å². The van der Waals surface area contributed by atoms with E-state index in [0.717, 1.165) is 0 Å². The summed E-state index contributed by atoms with van der Waals surface area (Å²) in [6, 6.07) is 0. The molecule has 1 aliphatic rings. The molecule has 0 bridgehead atoms. The Morgan fingerprint density at radius 2 is 2.17 bits per heavy atom. The molecule has 1 aliphatic heterocycles. The van der Waals surface area contributed by atoms with E-state index in [9.17, 15) is 5.11 Å². The molecule has 0 aromatic rings. The first-order chi connectivity index (χ1) is 5.47. The monoisotopic (exact) mass is 232 g/mol. The first kappa shape index (κ1) is 10.0. The Hall–Kier alpha value is -0.0400. The average molecular weight is 233 g/mol. The van der Waals surface area contributed by atoms with Gasteiger partial charge >= 0.3 is 0 Å². The molecule has 0 saturated carbocycles. The van der Waals surface area contributed by atoms with Crippen LogP contribution in [0.1, 0.15) is 26.7 Å². The predicted octanol–water partition coefficient (Wildman–Crippen LogP) is 1.66. The van der Waals surface area contributed by atoms with Crippen molar-refractivity contribution in [2.75, 3.05) is 6.61 Å². The van der Waals surface area contributed by atoms with Gasteiger partial charge in [-0.3, -0.25) is 0 Å². The van der Waals surface area contributed by atoms with Gasteiger partial charge in [-0.1, -0.05) is 5.92 Å². The summed E-state index contributed by atoms with van der Waals surface area (Å²) in [6.07, 6.45) is 1.16. The normalized spacial score (nSPS) is 33.7. The SMILES string of the molecule is CC1(C)CC(O)(C#CBr)CCO1. The average Bonchev–Trinajstić information content (AvgIpc) is 1.83. The van der Waals surface area contributed by atoms with Gasteiger partial charge in [0.1, 0.15) is 5.60 Å². The van der Waals surface area contributed by atoms with Crippen molar-refractivity contribution >= 4 is 15.9 Å². The van der Waals surface area contributed by atoms with E-state index in [4.69, 9.17) is 4.74 Å². The highest BCUT2D eigenvalue weighted by atomic mass is 79.9. The molecule has 0 radical (unpaired) electrons. The molecule has 0 aliphatic carbocycles. The van der Waals surface area contributed by atoms with Crippen LogP contribution < -0.4 is 0 Å². The fourth-order valence-electron chi connectivity index (χ4n) is 1.53. The van der Waals surface area contributed by atoms with E-state index in [1.54, 1.807) is 0 Å². The summed E-state index contributed by atoms with van der Waals surface area (Å²) in [6.45, 7) is 4.51. The number of hydrogen-bond donors (Lipinski definition) is 1. The predicted molar refractivity (Wildman–Crippen MR) is 50.9 cm³/mol. The molecule has 0 spiro atoms. The van der Waals surface area contributed by atoms with Crippen molar-refractivity contribution in [1.29, 1.82) is 0 Å². The summed E-state index contributed by atoms with van der Waals surface area (Å²) in [5.41, 5.74) is -1.13. The summed E-state index contributed by atoms with van der Waals surface area (Å²) in [5, 5.41) is 9.92. The number of hydrogen-bond acceptors (Lipinski definition) is 2. The summed E-state index contributed by atoms with van der Waals surface area (Å²) in [4.78, 5) is 2.57. The van der Waals surface area contributed by atoms with Crippen LogP contribution in [0.2, 0.25) is 0 Å². The quantitative estimate of drug-likeness (QED) is 0.645. The molecule has 3 heteroatoms. The van der Waals surface area contributed by atoms with Gasteiger partial charge in [0.2, 0.25) is 0 Å². The summed E-state index contributed by atoms with van der Waals surface area (Å²) < 4.78 is 5.46.